The van der Waals surface area contributed by atoms with E-state index in [0.29, 0.717) is 12.1 Å². The molecular formula is C24H32N6. The molecule has 2 aliphatic heterocycles. The fourth-order valence-corrected chi connectivity index (χ4v) is 4.49. The van der Waals surface area contributed by atoms with E-state index in [4.69, 9.17) is 4.98 Å². The smallest absolute Gasteiger partial charge is 0.124 e. The number of likely N-dealkylation sites (tertiary alicyclic amines) is 2. The van der Waals surface area contributed by atoms with E-state index in [0.717, 1.165) is 53.4 Å². The first-order chi connectivity index (χ1) is 14.7. The van der Waals surface area contributed by atoms with Crippen molar-refractivity contribution in [3.8, 4) is 11.8 Å². The van der Waals surface area contributed by atoms with Crippen LogP contribution < -0.4 is 0 Å². The third kappa shape index (κ3) is 4.14. The highest BCUT2D eigenvalue weighted by Crippen LogP contribution is 2.30. The third-order valence-electron chi connectivity index (χ3n) is 6.11. The normalized spacial score (nSPS) is 22.0. The fourth-order valence-electron chi connectivity index (χ4n) is 4.49. The molecule has 6 heteroatoms. The van der Waals surface area contributed by atoms with Crippen molar-refractivity contribution >= 4 is 11.0 Å². The lowest BCUT2D eigenvalue weighted by molar-refractivity contribution is 0.307. The quantitative estimate of drug-likeness (QED) is 0.627. The van der Waals surface area contributed by atoms with E-state index in [9.17, 15) is 0 Å². The van der Waals surface area contributed by atoms with Gasteiger partial charge in [0.05, 0.1) is 29.3 Å². The van der Waals surface area contributed by atoms with Crippen LogP contribution in [-0.4, -0.2) is 56.9 Å². The average molecular weight is 405 g/mol. The molecule has 2 aliphatic rings. The second kappa shape index (κ2) is 9.03. The van der Waals surface area contributed by atoms with Crippen LogP contribution in [0.2, 0.25) is 0 Å². The molecule has 0 spiro atoms. The highest BCUT2D eigenvalue weighted by Gasteiger charge is 2.26. The third-order valence-corrected chi connectivity index (χ3v) is 6.11. The summed E-state index contributed by atoms with van der Waals surface area (Å²) in [5, 5.41) is 0. The number of rotatable bonds is 2. The van der Waals surface area contributed by atoms with E-state index < -0.39 is 0 Å². The number of benzene rings is 1. The fraction of sp³-hybridized carbons (Fsp3) is 0.500. The van der Waals surface area contributed by atoms with Crippen LogP contribution in [0, 0.1) is 11.8 Å². The zero-order valence-electron chi connectivity index (χ0n) is 18.5. The Balaban J connectivity index is 0.00000106. The van der Waals surface area contributed by atoms with Crippen LogP contribution in [0.1, 0.15) is 74.5 Å². The van der Waals surface area contributed by atoms with Gasteiger partial charge in [-0.05, 0) is 77.0 Å². The first-order valence-corrected chi connectivity index (χ1v) is 11.1. The summed E-state index contributed by atoms with van der Waals surface area (Å²) in [6.07, 6.45) is 6.63. The number of nitrogens with zero attached hydrogens (tertiary/aromatic N) is 4. The van der Waals surface area contributed by atoms with Gasteiger partial charge in [-0.15, -0.1) is 0 Å². The van der Waals surface area contributed by atoms with Gasteiger partial charge in [0.1, 0.15) is 17.3 Å². The van der Waals surface area contributed by atoms with Crippen LogP contribution in [0.4, 0.5) is 0 Å². The highest BCUT2D eigenvalue weighted by molar-refractivity contribution is 5.77. The van der Waals surface area contributed by atoms with Crippen LogP contribution in [0.3, 0.4) is 0 Å². The zero-order valence-corrected chi connectivity index (χ0v) is 18.5. The Morgan fingerprint density at radius 2 is 1.63 bits per heavy atom. The number of H-pyrrole nitrogens is 2. The molecule has 0 radical (unpaired) electrons. The summed E-state index contributed by atoms with van der Waals surface area (Å²) >= 11 is 0. The number of nitrogens with one attached hydrogen (secondary N) is 2. The van der Waals surface area contributed by atoms with E-state index in [1.54, 1.807) is 0 Å². The van der Waals surface area contributed by atoms with Crippen molar-refractivity contribution in [2.45, 2.75) is 51.6 Å². The molecule has 0 bridgehead atoms. The van der Waals surface area contributed by atoms with Crippen LogP contribution in [0.5, 0.6) is 0 Å². The minimum Gasteiger partial charge on any atom is -0.341 e. The summed E-state index contributed by atoms with van der Waals surface area (Å²) < 4.78 is 0. The molecule has 30 heavy (non-hydrogen) atoms. The summed E-state index contributed by atoms with van der Waals surface area (Å²) in [7, 11) is 4.33. The minimum atomic E-state index is 0.393. The van der Waals surface area contributed by atoms with Crippen molar-refractivity contribution in [1.82, 2.24) is 29.7 Å². The SMILES string of the molecule is CC.CN1CCCC1c1ncc(C#Cc2ccc3nc(C4CCCN4C)[nH]c3c2)[nH]1. The predicted octanol–water partition coefficient (Wildman–Crippen LogP) is 4.25. The molecule has 0 amide bonds. The van der Waals surface area contributed by atoms with Crippen LogP contribution in [0.15, 0.2) is 24.4 Å². The Morgan fingerprint density at radius 3 is 2.30 bits per heavy atom. The van der Waals surface area contributed by atoms with Gasteiger partial charge in [-0.1, -0.05) is 19.8 Å². The van der Waals surface area contributed by atoms with Gasteiger partial charge in [0, 0.05) is 5.56 Å². The molecule has 4 heterocycles. The van der Waals surface area contributed by atoms with Gasteiger partial charge in [-0.25, -0.2) is 9.97 Å². The zero-order chi connectivity index (χ0) is 21.1. The monoisotopic (exact) mass is 404 g/mol. The first-order valence-electron chi connectivity index (χ1n) is 11.1. The maximum Gasteiger partial charge on any atom is 0.124 e. The van der Waals surface area contributed by atoms with E-state index in [1.807, 2.05) is 26.1 Å². The van der Waals surface area contributed by atoms with E-state index in [1.165, 1.54) is 19.3 Å². The van der Waals surface area contributed by atoms with Crippen molar-refractivity contribution in [1.29, 1.82) is 0 Å². The number of hydrogen-bond donors (Lipinski definition) is 2. The van der Waals surface area contributed by atoms with Crippen LogP contribution in [0.25, 0.3) is 11.0 Å². The van der Waals surface area contributed by atoms with E-state index >= 15 is 0 Å². The predicted molar refractivity (Wildman–Crippen MR) is 121 cm³/mol. The Labute approximate surface area is 179 Å². The van der Waals surface area contributed by atoms with Crippen molar-refractivity contribution < 1.29 is 0 Å². The maximum absolute atomic E-state index is 4.79. The summed E-state index contributed by atoms with van der Waals surface area (Å²) in [5.74, 6) is 8.58. The molecule has 2 saturated heterocycles. The van der Waals surface area contributed by atoms with Gasteiger partial charge in [0.15, 0.2) is 0 Å². The molecule has 2 aromatic heterocycles. The average Bonchev–Trinajstić information content (AvgIpc) is 3.54. The van der Waals surface area contributed by atoms with Crippen LogP contribution in [-0.2, 0) is 0 Å². The van der Waals surface area contributed by atoms with E-state index in [2.05, 4.69) is 62.8 Å². The van der Waals surface area contributed by atoms with Crippen LogP contribution >= 0.6 is 0 Å². The van der Waals surface area contributed by atoms with Gasteiger partial charge in [-0.3, -0.25) is 9.80 Å². The summed E-state index contributed by atoms with van der Waals surface area (Å²) in [6.45, 7) is 6.27. The largest absolute Gasteiger partial charge is 0.341 e. The number of aromatic amines is 2. The van der Waals surface area contributed by atoms with Gasteiger partial charge in [0.25, 0.3) is 0 Å². The number of aromatic nitrogens is 4. The molecule has 0 aliphatic carbocycles. The molecule has 2 N–H and O–H groups in total. The minimum absolute atomic E-state index is 0.393. The second-order valence-corrected chi connectivity index (χ2v) is 8.06. The Kier molecular flexibility index (Phi) is 6.21. The van der Waals surface area contributed by atoms with Crippen molar-refractivity contribution in [3.63, 3.8) is 0 Å². The van der Waals surface area contributed by atoms with Gasteiger partial charge in [0.2, 0.25) is 0 Å². The van der Waals surface area contributed by atoms with Gasteiger partial charge >= 0.3 is 0 Å². The van der Waals surface area contributed by atoms with Crippen molar-refractivity contribution in [2.75, 3.05) is 27.2 Å². The standard InChI is InChI=1S/C22H26N6.C2H6/c1-27-11-3-5-19(27)21-23-14-16(24-21)9-7-15-8-10-17-18(13-15)26-22(25-17)20-6-4-12-28(20)2;1-2/h8,10,13-14,19-20H,3-6,11-12H2,1-2H3,(H,23,24)(H,25,26);1-2H3. The van der Waals surface area contributed by atoms with Crippen molar-refractivity contribution in [3.05, 3.63) is 47.3 Å². The molecule has 1 aromatic carbocycles. The summed E-state index contributed by atoms with van der Waals surface area (Å²) in [4.78, 5) is 21.0. The molecule has 158 valence electrons. The molecule has 2 fully saturated rings. The lowest BCUT2D eigenvalue weighted by Crippen LogP contribution is -2.18. The number of fused-ring (bicyclic) bond motifs is 1. The highest BCUT2D eigenvalue weighted by atomic mass is 15.2. The first kappa shape index (κ1) is 20.6. The van der Waals surface area contributed by atoms with Gasteiger partial charge in [-0.2, -0.15) is 0 Å². The Morgan fingerprint density at radius 1 is 0.933 bits per heavy atom. The van der Waals surface area contributed by atoms with Crippen molar-refractivity contribution in [2.24, 2.45) is 0 Å². The molecule has 3 aromatic rings. The molecule has 6 nitrogen and oxygen atoms in total. The lowest BCUT2D eigenvalue weighted by Gasteiger charge is -2.16. The Hall–Kier alpha value is -2.62. The summed E-state index contributed by atoms with van der Waals surface area (Å²) in [6, 6.07) is 6.99. The molecule has 2 unspecified atom stereocenters. The maximum atomic E-state index is 4.79. The van der Waals surface area contributed by atoms with E-state index in [-0.39, 0.29) is 0 Å². The molecule has 0 saturated carbocycles. The number of imidazole rings is 2. The van der Waals surface area contributed by atoms with Gasteiger partial charge < -0.3 is 9.97 Å². The summed E-state index contributed by atoms with van der Waals surface area (Å²) in [5.41, 5.74) is 3.92. The Bertz CT molecular complexity index is 1050. The number of hydrogen-bond acceptors (Lipinski definition) is 4. The molecular weight excluding hydrogens is 372 g/mol. The topological polar surface area (TPSA) is 63.8 Å². The molecule has 5 rings (SSSR count). The lowest BCUT2D eigenvalue weighted by atomic mass is 10.2. The second-order valence-electron chi connectivity index (χ2n) is 8.06. The molecule has 2 atom stereocenters.